The molecule has 0 aromatic heterocycles. The first kappa shape index (κ1) is 21.5. The maximum atomic E-state index is 12.4. The van der Waals surface area contributed by atoms with Gasteiger partial charge in [-0.25, -0.2) is 9.13 Å². The minimum atomic E-state index is -3.57. The van der Waals surface area contributed by atoms with Gasteiger partial charge in [0, 0.05) is 16.2 Å². The van der Waals surface area contributed by atoms with E-state index in [-0.39, 0.29) is 24.0 Å². The lowest BCUT2D eigenvalue weighted by Crippen LogP contribution is -2.32. The van der Waals surface area contributed by atoms with E-state index in [0.29, 0.717) is 26.4 Å². The second-order valence-electron chi connectivity index (χ2n) is 9.03. The van der Waals surface area contributed by atoms with E-state index < -0.39 is 21.1 Å². The van der Waals surface area contributed by atoms with Gasteiger partial charge in [-0.15, -0.1) is 0 Å². The molecule has 2 heterocycles. The molecule has 0 spiro atoms. The van der Waals surface area contributed by atoms with Gasteiger partial charge in [-0.05, 0) is 0 Å². The van der Waals surface area contributed by atoms with Crippen LogP contribution in [0.25, 0.3) is 0 Å². The van der Waals surface area contributed by atoms with Crippen LogP contribution in [-0.4, -0.2) is 39.6 Å². The second-order valence-corrected chi connectivity index (χ2v) is 12.4. The molecule has 2 fully saturated rings. The van der Waals surface area contributed by atoms with Gasteiger partial charge in [0.15, 0.2) is 0 Å². The van der Waals surface area contributed by atoms with E-state index in [4.69, 9.17) is 27.1 Å². The van der Waals surface area contributed by atoms with Crippen LogP contribution in [-0.2, 0) is 36.3 Å². The highest BCUT2D eigenvalue weighted by Gasteiger charge is 2.41. The summed E-state index contributed by atoms with van der Waals surface area (Å²) in [5, 5.41) is 0. The van der Waals surface area contributed by atoms with E-state index >= 15 is 0 Å². The Bertz CT molecular complexity index is 496. The topological polar surface area (TPSA) is 89.5 Å². The molecule has 2 aliphatic heterocycles. The summed E-state index contributed by atoms with van der Waals surface area (Å²) < 4.78 is 56.7. The van der Waals surface area contributed by atoms with E-state index in [1.54, 1.807) is 0 Å². The molecule has 0 saturated carbocycles. The number of hydrogen-bond acceptors (Lipinski definition) is 8. The molecular weight excluding hydrogens is 370 g/mol. The van der Waals surface area contributed by atoms with Crippen molar-refractivity contribution in [1.29, 1.82) is 0 Å². The van der Waals surface area contributed by atoms with Crippen LogP contribution in [0, 0.1) is 16.2 Å². The predicted molar refractivity (Wildman–Crippen MR) is 92.3 cm³/mol. The third kappa shape index (κ3) is 6.71. The summed E-state index contributed by atoms with van der Waals surface area (Å²) in [6.07, 6.45) is 0. The van der Waals surface area contributed by atoms with Gasteiger partial charge in [0.1, 0.15) is 0 Å². The molecule has 2 aliphatic rings. The summed E-state index contributed by atoms with van der Waals surface area (Å²) >= 11 is 0. The Balaban J connectivity index is 1.80. The maximum absolute atomic E-state index is 12.4. The number of phosphoric ester groups is 2. The Labute approximate surface area is 150 Å². The lowest BCUT2D eigenvalue weighted by molar-refractivity contribution is -0.0256. The summed E-state index contributed by atoms with van der Waals surface area (Å²) in [6.45, 7) is 12.8. The number of hydrogen-bond donors (Lipinski definition) is 0. The lowest BCUT2D eigenvalue weighted by Gasteiger charge is -2.36. The minimum absolute atomic E-state index is 0.0518. The van der Waals surface area contributed by atoms with Crippen LogP contribution in [0.4, 0.5) is 0 Å². The lowest BCUT2D eigenvalue weighted by atomic mass is 9.97. The molecule has 0 aliphatic carbocycles. The molecule has 0 unspecified atom stereocenters. The molecule has 0 aromatic carbocycles. The molecule has 2 saturated heterocycles. The summed E-state index contributed by atoms with van der Waals surface area (Å²) in [6, 6.07) is 0. The van der Waals surface area contributed by atoms with E-state index in [1.807, 2.05) is 41.5 Å². The monoisotopic (exact) mass is 400 g/mol. The fourth-order valence-electron chi connectivity index (χ4n) is 1.87. The Morgan fingerprint density at radius 2 is 1.04 bits per heavy atom. The smallest absolute Gasteiger partial charge is 0.286 e. The third-order valence-corrected chi connectivity index (χ3v) is 6.35. The Morgan fingerprint density at radius 3 is 1.32 bits per heavy atom. The molecule has 0 atom stereocenters. The second kappa shape index (κ2) is 7.33. The Morgan fingerprint density at radius 1 is 0.760 bits per heavy atom. The molecule has 0 N–H and O–H groups in total. The zero-order chi connectivity index (χ0) is 19.0. The van der Waals surface area contributed by atoms with Crippen molar-refractivity contribution in [2.45, 2.75) is 41.5 Å². The minimum Gasteiger partial charge on any atom is -0.286 e. The van der Waals surface area contributed by atoms with Crippen LogP contribution in [0.15, 0.2) is 0 Å². The van der Waals surface area contributed by atoms with Crippen molar-refractivity contribution in [2.24, 2.45) is 16.2 Å². The van der Waals surface area contributed by atoms with Crippen LogP contribution >= 0.6 is 15.6 Å². The SMILES string of the molecule is CC1(C)COP(=O)(OCC(C)(C)COP2(=O)OCC(C)(C)CO2)OC1. The van der Waals surface area contributed by atoms with Crippen molar-refractivity contribution >= 4 is 15.6 Å². The summed E-state index contributed by atoms with van der Waals surface area (Å²) in [4.78, 5) is 0. The van der Waals surface area contributed by atoms with Crippen molar-refractivity contribution in [1.82, 2.24) is 0 Å². The molecule has 0 aromatic rings. The third-order valence-electron chi connectivity index (χ3n) is 3.68. The average Bonchev–Trinajstić information content (AvgIpc) is 2.51. The van der Waals surface area contributed by atoms with Gasteiger partial charge in [0.05, 0.1) is 39.6 Å². The van der Waals surface area contributed by atoms with Crippen molar-refractivity contribution < 1.29 is 36.3 Å². The first-order valence-corrected chi connectivity index (χ1v) is 11.2. The maximum Gasteiger partial charge on any atom is 0.474 e. The Kier molecular flexibility index (Phi) is 6.31. The zero-order valence-electron chi connectivity index (χ0n) is 15.9. The molecule has 0 amide bonds. The highest BCUT2D eigenvalue weighted by atomic mass is 31.2. The van der Waals surface area contributed by atoms with Crippen molar-refractivity contribution in [3.8, 4) is 0 Å². The van der Waals surface area contributed by atoms with Crippen molar-refractivity contribution in [3.05, 3.63) is 0 Å². The van der Waals surface area contributed by atoms with Gasteiger partial charge >= 0.3 is 15.6 Å². The first-order valence-electron chi connectivity index (χ1n) is 8.31. The van der Waals surface area contributed by atoms with E-state index in [9.17, 15) is 9.13 Å². The molecule has 0 radical (unpaired) electrons. The Hall–Kier alpha value is 0.220. The zero-order valence-corrected chi connectivity index (χ0v) is 17.7. The van der Waals surface area contributed by atoms with E-state index in [1.165, 1.54) is 0 Å². The number of phosphoric acid groups is 2. The van der Waals surface area contributed by atoms with Gasteiger partial charge in [-0.3, -0.25) is 27.1 Å². The largest absolute Gasteiger partial charge is 0.474 e. The van der Waals surface area contributed by atoms with Gasteiger partial charge < -0.3 is 0 Å². The van der Waals surface area contributed by atoms with Crippen LogP contribution in [0.1, 0.15) is 41.5 Å². The highest BCUT2D eigenvalue weighted by Crippen LogP contribution is 2.57. The summed E-state index contributed by atoms with van der Waals surface area (Å²) in [5.41, 5.74) is -0.980. The van der Waals surface area contributed by atoms with E-state index in [2.05, 4.69) is 0 Å². The summed E-state index contributed by atoms with van der Waals surface area (Å²) in [7, 11) is -7.13. The summed E-state index contributed by atoms with van der Waals surface area (Å²) in [5.74, 6) is 0. The first-order chi connectivity index (χ1) is 11.2. The number of rotatable bonds is 6. The normalized spacial score (nSPS) is 27.8. The van der Waals surface area contributed by atoms with Crippen molar-refractivity contribution in [2.75, 3.05) is 39.6 Å². The standard InChI is InChI=1S/C15H30O8P2/c1-13(2,7-18-24(16)20-9-14(3,4)10-21-24)8-19-25(17)22-11-15(5,6)12-23-25/h7-12H2,1-6H3. The van der Waals surface area contributed by atoms with Gasteiger partial charge in [-0.2, -0.15) is 0 Å². The van der Waals surface area contributed by atoms with Crippen LogP contribution in [0.5, 0.6) is 0 Å². The van der Waals surface area contributed by atoms with Gasteiger partial charge in [-0.1, -0.05) is 41.5 Å². The van der Waals surface area contributed by atoms with E-state index in [0.717, 1.165) is 0 Å². The molecule has 25 heavy (non-hydrogen) atoms. The molecule has 10 heteroatoms. The van der Waals surface area contributed by atoms with Crippen LogP contribution < -0.4 is 0 Å². The molecular formula is C15H30O8P2. The predicted octanol–water partition coefficient (Wildman–Crippen LogP) is 4.41. The quantitative estimate of drug-likeness (QED) is 0.606. The van der Waals surface area contributed by atoms with Crippen LogP contribution in [0.2, 0.25) is 0 Å². The van der Waals surface area contributed by atoms with Crippen molar-refractivity contribution in [3.63, 3.8) is 0 Å². The van der Waals surface area contributed by atoms with Gasteiger partial charge in [0.25, 0.3) is 0 Å². The molecule has 148 valence electrons. The molecule has 8 nitrogen and oxygen atoms in total. The molecule has 2 rings (SSSR count). The molecule has 0 bridgehead atoms. The van der Waals surface area contributed by atoms with Gasteiger partial charge in [0.2, 0.25) is 0 Å². The van der Waals surface area contributed by atoms with Crippen LogP contribution in [0.3, 0.4) is 0 Å². The fraction of sp³-hybridized carbons (Fsp3) is 1.00. The fourth-order valence-corrected chi connectivity index (χ4v) is 5.36. The highest BCUT2D eigenvalue weighted by molar-refractivity contribution is 7.48. The average molecular weight is 400 g/mol.